The number of carbonyl (C=O) groups excluding carboxylic acids is 1. The van der Waals surface area contributed by atoms with Crippen LogP contribution in [0.3, 0.4) is 0 Å². The summed E-state index contributed by atoms with van der Waals surface area (Å²) < 4.78 is 5.17. The SMILES string of the molecule is C=CC(C=C(C)C(=O)Oc1ccccc1)=NC. The zero-order valence-corrected chi connectivity index (χ0v) is 10.0. The van der Waals surface area contributed by atoms with E-state index >= 15 is 0 Å². The topological polar surface area (TPSA) is 38.7 Å². The number of carbonyl (C=O) groups is 1. The lowest BCUT2D eigenvalue weighted by molar-refractivity contribution is -0.130. The number of hydrogen-bond acceptors (Lipinski definition) is 3. The average Bonchev–Trinajstić information content (AvgIpc) is 2.36. The number of para-hydroxylation sites is 1. The Bertz CT molecular complexity index is 458. The van der Waals surface area contributed by atoms with Gasteiger partial charge in [0.1, 0.15) is 5.75 Å². The van der Waals surface area contributed by atoms with E-state index in [9.17, 15) is 4.79 Å². The van der Waals surface area contributed by atoms with E-state index in [0.717, 1.165) is 0 Å². The molecule has 17 heavy (non-hydrogen) atoms. The number of nitrogens with zero attached hydrogens (tertiary/aromatic N) is 1. The normalized spacial score (nSPS) is 12.1. The number of aliphatic imine (C=N–C) groups is 1. The molecule has 0 atom stereocenters. The van der Waals surface area contributed by atoms with Crippen molar-refractivity contribution >= 4 is 11.7 Å². The third-order valence-corrected chi connectivity index (χ3v) is 2.11. The van der Waals surface area contributed by atoms with Crippen molar-refractivity contribution in [2.75, 3.05) is 7.05 Å². The van der Waals surface area contributed by atoms with Crippen LogP contribution in [0.5, 0.6) is 5.75 Å². The molecule has 3 heteroatoms. The molecule has 1 aromatic rings. The molecule has 0 aliphatic rings. The van der Waals surface area contributed by atoms with Crippen molar-refractivity contribution in [3.8, 4) is 5.75 Å². The number of ether oxygens (including phenoxy) is 1. The van der Waals surface area contributed by atoms with E-state index in [4.69, 9.17) is 4.74 Å². The molecular formula is C14H15NO2. The Morgan fingerprint density at radius 2 is 2.00 bits per heavy atom. The fraction of sp³-hybridized carbons (Fsp3) is 0.143. The zero-order valence-electron chi connectivity index (χ0n) is 10.0. The fourth-order valence-corrected chi connectivity index (χ4v) is 1.17. The highest BCUT2D eigenvalue weighted by molar-refractivity contribution is 6.08. The van der Waals surface area contributed by atoms with Crippen LogP contribution in [0.2, 0.25) is 0 Å². The van der Waals surface area contributed by atoms with Crippen molar-refractivity contribution in [3.05, 3.63) is 54.6 Å². The first-order chi connectivity index (χ1) is 8.17. The van der Waals surface area contributed by atoms with Crippen molar-refractivity contribution in [1.29, 1.82) is 0 Å². The number of hydrogen-bond donors (Lipinski definition) is 0. The number of allylic oxidation sites excluding steroid dienone is 2. The van der Waals surface area contributed by atoms with Gasteiger partial charge in [-0.05, 0) is 31.2 Å². The second-order valence-electron chi connectivity index (χ2n) is 3.38. The summed E-state index contributed by atoms with van der Waals surface area (Å²) in [4.78, 5) is 15.7. The van der Waals surface area contributed by atoms with Crippen LogP contribution in [-0.4, -0.2) is 18.7 Å². The standard InChI is InChI=1S/C14H15NO2/c1-4-12(15-3)10-11(2)14(16)17-13-8-6-5-7-9-13/h4-10H,1H2,2-3H3. The minimum atomic E-state index is -0.390. The summed E-state index contributed by atoms with van der Waals surface area (Å²) in [6.07, 6.45) is 3.22. The van der Waals surface area contributed by atoms with Crippen LogP contribution in [0.4, 0.5) is 0 Å². The number of esters is 1. The van der Waals surface area contributed by atoms with Gasteiger partial charge in [0.2, 0.25) is 0 Å². The van der Waals surface area contributed by atoms with Crippen molar-refractivity contribution in [2.45, 2.75) is 6.92 Å². The first-order valence-corrected chi connectivity index (χ1v) is 5.22. The molecule has 0 radical (unpaired) electrons. The van der Waals surface area contributed by atoms with E-state index in [0.29, 0.717) is 17.0 Å². The van der Waals surface area contributed by atoms with Crippen LogP contribution in [0.1, 0.15) is 6.92 Å². The van der Waals surface area contributed by atoms with Crippen LogP contribution in [-0.2, 0) is 4.79 Å². The van der Waals surface area contributed by atoms with E-state index in [1.165, 1.54) is 0 Å². The Morgan fingerprint density at radius 1 is 1.35 bits per heavy atom. The predicted molar refractivity (Wildman–Crippen MR) is 69.4 cm³/mol. The first kappa shape index (κ1) is 12.9. The predicted octanol–water partition coefficient (Wildman–Crippen LogP) is 2.80. The highest BCUT2D eigenvalue weighted by atomic mass is 16.5. The molecule has 0 unspecified atom stereocenters. The monoisotopic (exact) mass is 229 g/mol. The van der Waals surface area contributed by atoms with Gasteiger partial charge in [0.25, 0.3) is 0 Å². The summed E-state index contributed by atoms with van der Waals surface area (Å²) in [6, 6.07) is 8.94. The molecule has 0 heterocycles. The van der Waals surface area contributed by atoms with E-state index in [-0.39, 0.29) is 5.97 Å². The third kappa shape index (κ3) is 4.07. The molecule has 0 aromatic heterocycles. The minimum absolute atomic E-state index is 0.390. The van der Waals surface area contributed by atoms with Crippen LogP contribution >= 0.6 is 0 Å². The van der Waals surface area contributed by atoms with Crippen molar-refractivity contribution < 1.29 is 9.53 Å². The Balaban J connectivity index is 2.75. The second-order valence-corrected chi connectivity index (χ2v) is 3.38. The van der Waals surface area contributed by atoms with E-state index in [1.807, 2.05) is 18.2 Å². The van der Waals surface area contributed by atoms with Gasteiger partial charge >= 0.3 is 5.97 Å². The van der Waals surface area contributed by atoms with Crippen molar-refractivity contribution in [2.24, 2.45) is 4.99 Å². The van der Waals surface area contributed by atoms with Crippen molar-refractivity contribution in [3.63, 3.8) is 0 Å². The Kier molecular flexibility index (Phi) is 4.88. The number of rotatable bonds is 4. The van der Waals surface area contributed by atoms with Gasteiger partial charge in [-0.15, -0.1) is 0 Å². The Labute approximate surface area is 101 Å². The molecule has 1 aromatic carbocycles. The molecule has 0 aliphatic heterocycles. The zero-order chi connectivity index (χ0) is 12.7. The van der Waals surface area contributed by atoms with Crippen LogP contribution in [0.15, 0.2) is 59.6 Å². The molecule has 0 fully saturated rings. The highest BCUT2D eigenvalue weighted by Gasteiger charge is 2.07. The molecule has 0 saturated carbocycles. The summed E-state index contributed by atoms with van der Waals surface area (Å²) >= 11 is 0. The van der Waals surface area contributed by atoms with Gasteiger partial charge in [0.15, 0.2) is 0 Å². The summed E-state index contributed by atoms with van der Waals surface area (Å²) in [5.41, 5.74) is 1.13. The molecule has 0 bridgehead atoms. The van der Waals surface area contributed by atoms with Gasteiger partial charge in [-0.2, -0.15) is 0 Å². The van der Waals surface area contributed by atoms with Gasteiger partial charge in [-0.1, -0.05) is 24.8 Å². The lowest BCUT2D eigenvalue weighted by Crippen LogP contribution is -2.10. The summed E-state index contributed by atoms with van der Waals surface area (Å²) in [5, 5.41) is 0. The number of benzene rings is 1. The summed E-state index contributed by atoms with van der Waals surface area (Å²) in [7, 11) is 1.64. The molecule has 3 nitrogen and oxygen atoms in total. The molecule has 0 spiro atoms. The first-order valence-electron chi connectivity index (χ1n) is 5.22. The van der Waals surface area contributed by atoms with Crippen LogP contribution in [0, 0.1) is 0 Å². The molecule has 0 saturated heterocycles. The molecule has 0 aliphatic carbocycles. The third-order valence-electron chi connectivity index (χ3n) is 2.11. The highest BCUT2D eigenvalue weighted by Crippen LogP contribution is 2.10. The average molecular weight is 229 g/mol. The van der Waals surface area contributed by atoms with Crippen LogP contribution in [0.25, 0.3) is 0 Å². The van der Waals surface area contributed by atoms with E-state index < -0.39 is 0 Å². The lowest BCUT2D eigenvalue weighted by Gasteiger charge is -2.03. The Morgan fingerprint density at radius 3 is 2.53 bits per heavy atom. The maximum Gasteiger partial charge on any atom is 0.339 e. The molecule has 88 valence electrons. The van der Waals surface area contributed by atoms with Crippen LogP contribution < -0.4 is 4.74 Å². The largest absolute Gasteiger partial charge is 0.423 e. The molecule has 0 N–H and O–H groups in total. The fourth-order valence-electron chi connectivity index (χ4n) is 1.17. The van der Waals surface area contributed by atoms with Crippen molar-refractivity contribution in [1.82, 2.24) is 0 Å². The van der Waals surface area contributed by atoms with E-state index in [2.05, 4.69) is 11.6 Å². The molecule has 0 amide bonds. The smallest absolute Gasteiger partial charge is 0.339 e. The lowest BCUT2D eigenvalue weighted by atomic mass is 10.2. The van der Waals surface area contributed by atoms with Gasteiger partial charge in [-0.25, -0.2) is 4.79 Å². The maximum absolute atomic E-state index is 11.7. The van der Waals surface area contributed by atoms with Gasteiger partial charge in [0, 0.05) is 12.6 Å². The quantitative estimate of drug-likeness (QED) is 0.344. The van der Waals surface area contributed by atoms with Gasteiger partial charge in [0.05, 0.1) is 5.71 Å². The van der Waals surface area contributed by atoms with Gasteiger partial charge in [-0.3, -0.25) is 4.99 Å². The summed E-state index contributed by atoms with van der Waals surface area (Å²) in [6.45, 7) is 5.28. The second kappa shape index (κ2) is 6.43. The molecule has 1 rings (SSSR count). The summed E-state index contributed by atoms with van der Waals surface area (Å²) in [5.74, 6) is 0.137. The molecular weight excluding hydrogens is 214 g/mol. The Hall–Kier alpha value is -2.16. The minimum Gasteiger partial charge on any atom is -0.423 e. The van der Waals surface area contributed by atoms with E-state index in [1.54, 1.807) is 38.3 Å². The maximum atomic E-state index is 11.7. The van der Waals surface area contributed by atoms with Gasteiger partial charge < -0.3 is 4.74 Å².